The molecule has 0 saturated carbocycles. The number of nitrogens with zero attached hydrogens (tertiary/aromatic N) is 2. The quantitative estimate of drug-likeness (QED) is 0.276. The average molecular weight is 656 g/mol. The molecule has 0 unspecified atom stereocenters. The summed E-state index contributed by atoms with van der Waals surface area (Å²) in [7, 11) is 0. The normalized spacial score (nSPS) is 16.2. The molecule has 194 valence electrons. The van der Waals surface area contributed by atoms with E-state index in [1.165, 1.54) is 5.56 Å². The van der Waals surface area contributed by atoms with Crippen molar-refractivity contribution < 1.29 is 19.1 Å². The van der Waals surface area contributed by atoms with Crippen molar-refractivity contribution in [3.8, 4) is 5.75 Å². The molecule has 1 fully saturated rings. The fourth-order valence-electron chi connectivity index (χ4n) is 4.49. The minimum atomic E-state index is -0.460. The van der Waals surface area contributed by atoms with Gasteiger partial charge in [-0.15, -0.1) is 0 Å². The summed E-state index contributed by atoms with van der Waals surface area (Å²) < 4.78 is 7.45. The summed E-state index contributed by atoms with van der Waals surface area (Å²) in [4.78, 5) is 41.7. The highest BCUT2D eigenvalue weighted by Gasteiger charge is 2.37. The lowest BCUT2D eigenvalue weighted by Gasteiger charge is -2.29. The molecule has 5 rings (SSSR count). The van der Waals surface area contributed by atoms with Crippen LogP contribution in [-0.4, -0.2) is 39.9 Å². The zero-order valence-corrected chi connectivity index (χ0v) is 24.6. The maximum atomic E-state index is 13.1. The van der Waals surface area contributed by atoms with Crippen LogP contribution in [0.5, 0.6) is 5.75 Å². The Hall–Kier alpha value is -2.88. The van der Waals surface area contributed by atoms with Crippen LogP contribution in [0.3, 0.4) is 0 Å². The van der Waals surface area contributed by atoms with Gasteiger partial charge in [0.25, 0.3) is 11.1 Å². The third-order valence-corrected chi connectivity index (χ3v) is 8.52. The Morgan fingerprint density at radius 2 is 1.76 bits per heavy atom. The van der Waals surface area contributed by atoms with Crippen LogP contribution in [0, 0.1) is 6.92 Å². The molecule has 3 aromatic carbocycles. The first kappa shape index (κ1) is 26.7. The van der Waals surface area contributed by atoms with E-state index in [1.54, 1.807) is 11.0 Å². The second-order valence-electron chi connectivity index (χ2n) is 9.19. The van der Waals surface area contributed by atoms with Crippen molar-refractivity contribution in [3.05, 3.63) is 102 Å². The van der Waals surface area contributed by atoms with Gasteiger partial charge in [-0.25, -0.2) is 0 Å². The molecule has 0 radical (unpaired) electrons. The Morgan fingerprint density at radius 1 is 1.03 bits per heavy atom. The maximum absolute atomic E-state index is 13.1. The number of ether oxygens (including phenoxy) is 1. The number of carbonyl (C=O) groups is 3. The van der Waals surface area contributed by atoms with Crippen molar-refractivity contribution in [2.24, 2.45) is 0 Å². The van der Waals surface area contributed by atoms with E-state index in [2.05, 4.69) is 44.0 Å². The molecule has 2 aliphatic rings. The predicted molar refractivity (Wildman–Crippen MR) is 156 cm³/mol. The van der Waals surface area contributed by atoms with Gasteiger partial charge in [0.15, 0.2) is 0 Å². The zero-order valence-electron chi connectivity index (χ0n) is 20.6. The van der Waals surface area contributed by atoms with Crippen LogP contribution in [-0.2, 0) is 29.2 Å². The van der Waals surface area contributed by atoms with Gasteiger partial charge in [0, 0.05) is 13.1 Å². The van der Waals surface area contributed by atoms with Gasteiger partial charge in [-0.3, -0.25) is 19.3 Å². The molecule has 3 aromatic rings. The number of halogens is 2. The lowest BCUT2D eigenvalue weighted by atomic mass is 10.00. The molecule has 2 aliphatic heterocycles. The molecule has 0 aromatic heterocycles. The Labute approximate surface area is 242 Å². The van der Waals surface area contributed by atoms with Gasteiger partial charge in [0.1, 0.15) is 18.9 Å². The number of thioether (sulfide) groups is 1. The van der Waals surface area contributed by atoms with Crippen LogP contribution in [0.4, 0.5) is 4.79 Å². The number of fused-ring (bicyclic) bond motifs is 1. The highest BCUT2D eigenvalue weighted by atomic mass is 79.9. The molecule has 3 amide bonds. The Bertz CT molecular complexity index is 1450. The first-order valence-corrected chi connectivity index (χ1v) is 14.5. The minimum absolute atomic E-state index is 0.233. The van der Waals surface area contributed by atoms with Crippen molar-refractivity contribution in [1.82, 2.24) is 9.80 Å². The summed E-state index contributed by atoms with van der Waals surface area (Å²) >= 11 is 7.96. The second-order valence-corrected chi connectivity index (χ2v) is 11.9. The van der Waals surface area contributed by atoms with Gasteiger partial charge >= 0.3 is 0 Å². The van der Waals surface area contributed by atoms with Crippen molar-refractivity contribution in [2.75, 3.05) is 13.1 Å². The molecule has 0 aliphatic carbocycles. The fourth-order valence-corrected chi connectivity index (χ4v) is 6.78. The molecule has 9 heteroatoms. The van der Waals surface area contributed by atoms with E-state index < -0.39 is 11.1 Å². The van der Waals surface area contributed by atoms with Crippen molar-refractivity contribution in [3.63, 3.8) is 0 Å². The van der Waals surface area contributed by atoms with Gasteiger partial charge in [0.05, 0.1) is 13.9 Å². The van der Waals surface area contributed by atoms with Gasteiger partial charge in [-0.05, 0) is 97.4 Å². The van der Waals surface area contributed by atoms with Crippen LogP contribution in [0.25, 0.3) is 6.08 Å². The lowest BCUT2D eigenvalue weighted by Crippen LogP contribution is -2.44. The van der Waals surface area contributed by atoms with E-state index in [0.29, 0.717) is 34.4 Å². The standard InChI is InChI=1S/C29H24Br2N2O4S/c1-18-5-4-6-19(11-18)17-37-27-23(30)12-20(13-24(27)31)14-25-28(35)33(29(36)38-25)16-26(34)32-10-9-21-7-2-3-8-22(21)15-32/h2-8,11-14H,9-10,15-17H2,1H3/b25-14-. The second kappa shape index (κ2) is 11.5. The number of hydrogen-bond acceptors (Lipinski definition) is 5. The topological polar surface area (TPSA) is 66.9 Å². The number of aryl methyl sites for hydroxylation is 1. The van der Waals surface area contributed by atoms with E-state index in [4.69, 9.17) is 4.74 Å². The molecule has 1 saturated heterocycles. The molecular weight excluding hydrogens is 632 g/mol. The van der Waals surface area contributed by atoms with E-state index in [-0.39, 0.29) is 17.4 Å². The largest absolute Gasteiger partial charge is 0.487 e. The first-order chi connectivity index (χ1) is 18.3. The first-order valence-electron chi connectivity index (χ1n) is 12.1. The molecule has 0 N–H and O–H groups in total. The number of carbonyl (C=O) groups excluding carboxylic acids is 3. The smallest absolute Gasteiger partial charge is 0.294 e. The highest BCUT2D eigenvalue weighted by molar-refractivity contribution is 9.11. The number of benzene rings is 3. The van der Waals surface area contributed by atoms with E-state index in [0.717, 1.165) is 45.3 Å². The number of amides is 3. The molecule has 38 heavy (non-hydrogen) atoms. The molecule has 0 bridgehead atoms. The summed E-state index contributed by atoms with van der Waals surface area (Å²) in [6.07, 6.45) is 2.42. The number of rotatable bonds is 6. The monoisotopic (exact) mass is 654 g/mol. The number of hydrogen-bond donors (Lipinski definition) is 0. The van der Waals surface area contributed by atoms with E-state index in [9.17, 15) is 14.4 Å². The summed E-state index contributed by atoms with van der Waals surface area (Å²) in [5.41, 5.74) is 5.27. The summed E-state index contributed by atoms with van der Waals surface area (Å²) in [6.45, 7) is 3.25. The Balaban J connectivity index is 1.25. The third-order valence-electron chi connectivity index (χ3n) is 6.43. The van der Waals surface area contributed by atoms with Gasteiger partial charge in [0.2, 0.25) is 5.91 Å². The third kappa shape index (κ3) is 5.90. The average Bonchev–Trinajstić information content (AvgIpc) is 3.15. The van der Waals surface area contributed by atoms with Gasteiger partial charge in [-0.1, -0.05) is 54.1 Å². The van der Waals surface area contributed by atoms with Crippen molar-refractivity contribution in [1.29, 1.82) is 0 Å². The van der Waals surface area contributed by atoms with Crippen molar-refractivity contribution in [2.45, 2.75) is 26.5 Å². The summed E-state index contributed by atoms with van der Waals surface area (Å²) in [5, 5.41) is -0.441. The van der Waals surface area contributed by atoms with Crippen LogP contribution in [0.15, 0.2) is 74.5 Å². The molecule has 6 nitrogen and oxygen atoms in total. The molecule has 0 atom stereocenters. The molecule has 0 spiro atoms. The SMILES string of the molecule is Cc1cccc(COc2c(Br)cc(/C=C3\SC(=O)N(CC(=O)N4CCc5ccccc5C4)C3=O)cc2Br)c1. The summed E-state index contributed by atoms with van der Waals surface area (Å²) in [6, 6.07) is 19.8. The van der Waals surface area contributed by atoms with Crippen LogP contribution >= 0.6 is 43.6 Å². The predicted octanol–water partition coefficient (Wildman–Crippen LogP) is 6.72. The summed E-state index contributed by atoms with van der Waals surface area (Å²) in [5.74, 6) is -0.0492. The highest BCUT2D eigenvalue weighted by Crippen LogP contribution is 2.38. The number of imide groups is 1. The van der Waals surface area contributed by atoms with E-state index >= 15 is 0 Å². The van der Waals surface area contributed by atoms with Crippen LogP contribution in [0.1, 0.15) is 27.8 Å². The molecular formula is C29H24Br2N2O4S. The fraction of sp³-hybridized carbons (Fsp3) is 0.207. The van der Waals surface area contributed by atoms with Gasteiger partial charge in [-0.2, -0.15) is 0 Å². The minimum Gasteiger partial charge on any atom is -0.487 e. The van der Waals surface area contributed by atoms with Crippen molar-refractivity contribution >= 4 is 66.8 Å². The van der Waals surface area contributed by atoms with Crippen LogP contribution < -0.4 is 4.74 Å². The van der Waals surface area contributed by atoms with E-state index in [1.807, 2.05) is 55.5 Å². The van der Waals surface area contributed by atoms with Gasteiger partial charge < -0.3 is 9.64 Å². The molecule has 2 heterocycles. The maximum Gasteiger partial charge on any atom is 0.294 e. The Morgan fingerprint density at radius 3 is 2.50 bits per heavy atom. The van der Waals surface area contributed by atoms with Crippen LogP contribution in [0.2, 0.25) is 0 Å². The lowest BCUT2D eigenvalue weighted by molar-refractivity contribution is -0.136. The zero-order chi connectivity index (χ0) is 26.8. The Kier molecular flexibility index (Phi) is 8.07.